The number of nitrogens with two attached hydrogens (primary N) is 2. The Morgan fingerprint density at radius 2 is 1.71 bits per heavy atom. The van der Waals surface area contributed by atoms with Gasteiger partial charge >= 0.3 is 11.9 Å². The number of carbonyl (C=O) groups excluding carboxylic acids is 2. The van der Waals surface area contributed by atoms with Crippen molar-refractivity contribution in [3.05, 3.63) is 65.7 Å². The monoisotopic (exact) mass is 466 g/mol. The van der Waals surface area contributed by atoms with E-state index in [9.17, 15) is 14.7 Å². The van der Waals surface area contributed by atoms with Gasteiger partial charge in [-0.1, -0.05) is 55.3 Å². The second kappa shape index (κ2) is 12.7. The molecule has 0 radical (unpaired) electrons. The van der Waals surface area contributed by atoms with E-state index in [4.69, 9.17) is 16.2 Å². The van der Waals surface area contributed by atoms with Crippen LogP contribution in [0.25, 0.3) is 0 Å². The molecule has 8 nitrogen and oxygen atoms in total. The number of nitrogens with zero attached hydrogens (tertiary/aromatic N) is 1. The number of rotatable bonds is 11. The van der Waals surface area contributed by atoms with E-state index in [0.717, 1.165) is 36.8 Å². The normalized spacial score (nSPS) is 15.4. The molecule has 0 aromatic heterocycles. The van der Waals surface area contributed by atoms with Crippen molar-refractivity contribution in [2.24, 2.45) is 22.4 Å². The Morgan fingerprint density at radius 3 is 2.35 bits per heavy atom. The molecule has 0 amide bonds. The molecule has 2 aromatic rings. The van der Waals surface area contributed by atoms with E-state index < -0.39 is 23.9 Å². The van der Waals surface area contributed by atoms with Gasteiger partial charge in [-0.3, -0.25) is 9.79 Å². The maximum atomic E-state index is 13.2. The fourth-order valence-electron chi connectivity index (χ4n) is 4.45. The third-order valence-corrected chi connectivity index (χ3v) is 6.20. The zero-order valence-corrected chi connectivity index (χ0v) is 19.4. The van der Waals surface area contributed by atoms with Gasteiger partial charge in [-0.2, -0.15) is 0 Å². The number of nitrogens with one attached hydrogen (secondary N) is 1. The Hall–Kier alpha value is -3.39. The Kier molecular flexibility index (Phi) is 9.46. The third kappa shape index (κ3) is 7.59. The molecule has 3 rings (SSSR count). The van der Waals surface area contributed by atoms with Crippen LogP contribution in [0, 0.1) is 5.92 Å². The summed E-state index contributed by atoms with van der Waals surface area (Å²) in [7, 11) is 0. The Morgan fingerprint density at radius 1 is 1.03 bits per heavy atom. The molecule has 0 heterocycles. The van der Waals surface area contributed by atoms with Gasteiger partial charge < -0.3 is 26.6 Å². The number of phenolic OH excluding ortho intramolecular Hbond substituents is 1. The second-order valence-corrected chi connectivity index (χ2v) is 8.72. The van der Waals surface area contributed by atoms with Crippen molar-refractivity contribution in [2.75, 3.05) is 6.54 Å². The lowest BCUT2D eigenvalue weighted by Crippen LogP contribution is -2.40. The number of guanidine groups is 1. The first-order chi connectivity index (χ1) is 16.4. The molecule has 6 N–H and O–H groups in total. The molecule has 1 unspecified atom stereocenters. The average molecular weight is 467 g/mol. The molecule has 0 spiro atoms. The average Bonchev–Trinajstić information content (AvgIpc) is 3.34. The molecule has 2 aromatic carbocycles. The minimum absolute atomic E-state index is 0.00590. The smallest absolute Gasteiger partial charge is 0.330 e. The van der Waals surface area contributed by atoms with Crippen LogP contribution in [0.5, 0.6) is 5.75 Å². The number of aliphatic imine (C=N–C) groups is 1. The summed E-state index contributed by atoms with van der Waals surface area (Å²) in [5, 5.41) is 12.7. The van der Waals surface area contributed by atoms with Crippen LogP contribution in [-0.4, -0.2) is 35.6 Å². The van der Waals surface area contributed by atoms with Crippen LogP contribution in [-0.2, 0) is 20.9 Å². The Labute approximate surface area is 200 Å². The van der Waals surface area contributed by atoms with Crippen molar-refractivity contribution in [1.29, 1.82) is 0 Å². The van der Waals surface area contributed by atoms with Crippen molar-refractivity contribution >= 4 is 17.9 Å². The van der Waals surface area contributed by atoms with Crippen molar-refractivity contribution in [2.45, 2.75) is 57.0 Å². The van der Waals surface area contributed by atoms with Crippen LogP contribution in [0.4, 0.5) is 0 Å². The molecule has 1 fully saturated rings. The molecule has 0 bridgehead atoms. The van der Waals surface area contributed by atoms with Gasteiger partial charge in [-0.15, -0.1) is 0 Å². The van der Waals surface area contributed by atoms with Crippen molar-refractivity contribution < 1.29 is 19.4 Å². The predicted molar refractivity (Wildman–Crippen MR) is 131 cm³/mol. The summed E-state index contributed by atoms with van der Waals surface area (Å²) < 4.78 is 5.46. The highest BCUT2D eigenvalue weighted by Gasteiger charge is 2.35. The third-order valence-electron chi connectivity index (χ3n) is 6.20. The lowest BCUT2D eigenvalue weighted by molar-refractivity contribution is -0.163. The molecule has 182 valence electrons. The van der Waals surface area contributed by atoms with E-state index in [1.807, 2.05) is 30.3 Å². The van der Waals surface area contributed by atoms with Crippen LogP contribution in [0.2, 0.25) is 0 Å². The fourth-order valence-corrected chi connectivity index (χ4v) is 4.45. The summed E-state index contributed by atoms with van der Waals surface area (Å²) in [6, 6.07) is 15.5. The first-order valence-corrected chi connectivity index (χ1v) is 11.8. The number of phenols is 1. The molecule has 0 aliphatic heterocycles. The van der Waals surface area contributed by atoms with Gasteiger partial charge in [-0.25, -0.2) is 4.79 Å². The minimum Gasteiger partial charge on any atom is -0.508 e. The zero-order chi connectivity index (χ0) is 24.3. The largest absolute Gasteiger partial charge is 0.508 e. The van der Waals surface area contributed by atoms with Gasteiger partial charge in [-0.05, 0) is 54.9 Å². The first kappa shape index (κ1) is 25.2. The summed E-state index contributed by atoms with van der Waals surface area (Å²) in [6.45, 7) is 0.747. The van der Waals surface area contributed by atoms with Crippen LogP contribution in [0.15, 0.2) is 59.6 Å². The van der Waals surface area contributed by atoms with Gasteiger partial charge in [0.1, 0.15) is 11.8 Å². The summed E-state index contributed by atoms with van der Waals surface area (Å²) in [4.78, 5) is 30.3. The summed E-state index contributed by atoms with van der Waals surface area (Å²) >= 11 is 0. The molecule has 34 heavy (non-hydrogen) atoms. The standard InChI is InChI=1S/C26H34N4O4/c27-26(28)29-16-6-11-22(30-17-18-12-14-21(31)15-13-18)24(32)34-25(33)23(20-9-4-5-10-20)19-7-2-1-3-8-19/h1-3,7-8,12-15,20,22-23,30-31H,4-6,9-11,16-17H2,(H4,27,28,29)/t22-,23?/m1/s1. The maximum Gasteiger partial charge on any atom is 0.330 e. The highest BCUT2D eigenvalue weighted by molar-refractivity contribution is 5.91. The Bertz CT molecular complexity index is 953. The fraction of sp³-hybridized carbons (Fsp3) is 0.423. The summed E-state index contributed by atoms with van der Waals surface area (Å²) in [5.41, 5.74) is 12.5. The lowest BCUT2D eigenvalue weighted by atomic mass is 9.85. The molecule has 1 aliphatic carbocycles. The molecule has 1 saturated carbocycles. The van der Waals surface area contributed by atoms with Gasteiger partial charge in [0.25, 0.3) is 0 Å². The first-order valence-electron chi connectivity index (χ1n) is 11.8. The van der Waals surface area contributed by atoms with Crippen LogP contribution in [0.1, 0.15) is 55.6 Å². The highest BCUT2D eigenvalue weighted by atomic mass is 16.6. The van der Waals surface area contributed by atoms with E-state index in [-0.39, 0.29) is 17.6 Å². The zero-order valence-electron chi connectivity index (χ0n) is 19.4. The molecular weight excluding hydrogens is 432 g/mol. The number of hydrogen-bond donors (Lipinski definition) is 4. The van der Waals surface area contributed by atoms with E-state index in [0.29, 0.717) is 25.9 Å². The molecule has 8 heteroatoms. The molecular formula is C26H34N4O4. The molecule has 0 saturated heterocycles. The quantitative estimate of drug-likeness (QED) is 0.131. The SMILES string of the molecule is NC(N)=NCCC[C@@H](NCc1ccc(O)cc1)C(=O)OC(=O)C(c1ccccc1)C1CCCC1. The number of esters is 2. The van der Waals surface area contributed by atoms with Gasteiger partial charge in [0.15, 0.2) is 5.96 Å². The number of hydrogen-bond acceptors (Lipinski definition) is 6. The van der Waals surface area contributed by atoms with Crippen LogP contribution >= 0.6 is 0 Å². The van der Waals surface area contributed by atoms with Crippen molar-refractivity contribution in [3.63, 3.8) is 0 Å². The Balaban J connectivity index is 1.68. The van der Waals surface area contributed by atoms with Gasteiger partial charge in [0.2, 0.25) is 0 Å². The number of ether oxygens (including phenoxy) is 1. The van der Waals surface area contributed by atoms with E-state index >= 15 is 0 Å². The van der Waals surface area contributed by atoms with E-state index in [1.165, 1.54) is 0 Å². The van der Waals surface area contributed by atoms with Gasteiger partial charge in [0.05, 0.1) is 5.92 Å². The lowest BCUT2D eigenvalue weighted by Gasteiger charge is -2.23. The van der Waals surface area contributed by atoms with Crippen molar-refractivity contribution in [3.8, 4) is 5.75 Å². The van der Waals surface area contributed by atoms with Gasteiger partial charge in [0, 0.05) is 13.1 Å². The predicted octanol–water partition coefficient (Wildman–Crippen LogP) is 2.95. The van der Waals surface area contributed by atoms with E-state index in [2.05, 4.69) is 10.3 Å². The minimum atomic E-state index is -0.702. The highest BCUT2D eigenvalue weighted by Crippen LogP contribution is 2.38. The topological polar surface area (TPSA) is 140 Å². The summed E-state index contributed by atoms with van der Waals surface area (Å²) in [5.74, 6) is -1.22. The molecule has 1 aliphatic rings. The van der Waals surface area contributed by atoms with Crippen LogP contribution < -0.4 is 16.8 Å². The maximum absolute atomic E-state index is 13.2. The van der Waals surface area contributed by atoms with E-state index in [1.54, 1.807) is 24.3 Å². The number of benzene rings is 2. The number of aromatic hydroxyl groups is 1. The van der Waals surface area contributed by atoms with Crippen molar-refractivity contribution in [1.82, 2.24) is 5.32 Å². The van der Waals surface area contributed by atoms with Crippen LogP contribution in [0.3, 0.4) is 0 Å². The summed E-state index contributed by atoms with van der Waals surface area (Å²) in [6.07, 6.45) is 5.00. The second-order valence-electron chi connectivity index (χ2n) is 8.72. The number of carbonyl (C=O) groups is 2. The molecule has 2 atom stereocenters.